The van der Waals surface area contributed by atoms with Crippen LogP contribution in [0.25, 0.3) is 0 Å². The fourth-order valence-electron chi connectivity index (χ4n) is 2.78. The summed E-state index contributed by atoms with van der Waals surface area (Å²) in [7, 11) is 0. The molecule has 1 aliphatic heterocycles. The molecule has 1 fully saturated rings. The summed E-state index contributed by atoms with van der Waals surface area (Å²) in [6.45, 7) is 3.46. The molecule has 3 nitrogen and oxygen atoms in total. The molecule has 2 rings (SSSR count). The van der Waals surface area contributed by atoms with Crippen LogP contribution >= 0.6 is 0 Å². The summed E-state index contributed by atoms with van der Waals surface area (Å²) >= 11 is 0. The van der Waals surface area contributed by atoms with Crippen LogP contribution in [0.3, 0.4) is 0 Å². The third kappa shape index (κ3) is 4.22. The van der Waals surface area contributed by atoms with Crippen LogP contribution < -0.4 is 10.6 Å². The average Bonchev–Trinajstić information content (AvgIpc) is 2.48. The SMILES string of the molecule is CCC(C(=O)N[C@H]1CCCNC1)c1cccc(C(F)(F)F)c1. The number of carbonyl (C=O) groups is 1. The lowest BCUT2D eigenvalue weighted by atomic mass is 9.93. The summed E-state index contributed by atoms with van der Waals surface area (Å²) in [5.41, 5.74) is -0.297. The second-order valence-corrected chi connectivity index (χ2v) is 5.64. The average molecular weight is 314 g/mol. The highest BCUT2D eigenvalue weighted by Gasteiger charge is 2.31. The normalized spacial score (nSPS) is 20.5. The maximum absolute atomic E-state index is 12.8. The second-order valence-electron chi connectivity index (χ2n) is 5.64. The van der Waals surface area contributed by atoms with Crippen molar-refractivity contribution >= 4 is 5.91 Å². The molecule has 122 valence electrons. The largest absolute Gasteiger partial charge is 0.416 e. The molecular formula is C16H21F3N2O. The number of nitrogens with one attached hydrogen (secondary N) is 2. The lowest BCUT2D eigenvalue weighted by Gasteiger charge is -2.26. The number of piperidine rings is 1. The van der Waals surface area contributed by atoms with Crippen LogP contribution in [0.5, 0.6) is 0 Å². The van der Waals surface area contributed by atoms with Gasteiger partial charge in [0.25, 0.3) is 0 Å². The zero-order chi connectivity index (χ0) is 16.2. The van der Waals surface area contributed by atoms with Crippen LogP contribution in [0.15, 0.2) is 24.3 Å². The summed E-state index contributed by atoms with van der Waals surface area (Å²) in [6.07, 6.45) is -2.03. The van der Waals surface area contributed by atoms with Crippen LogP contribution in [0.1, 0.15) is 43.2 Å². The van der Waals surface area contributed by atoms with Crippen LogP contribution in [0, 0.1) is 0 Å². The number of benzene rings is 1. The number of alkyl halides is 3. The minimum absolute atomic E-state index is 0.0566. The van der Waals surface area contributed by atoms with Crippen LogP contribution in [0.2, 0.25) is 0 Å². The highest BCUT2D eigenvalue weighted by Crippen LogP contribution is 2.31. The molecule has 0 bridgehead atoms. The molecule has 1 aromatic carbocycles. The molecule has 0 saturated carbocycles. The van der Waals surface area contributed by atoms with E-state index >= 15 is 0 Å². The molecule has 22 heavy (non-hydrogen) atoms. The Bertz CT molecular complexity index is 510. The van der Waals surface area contributed by atoms with E-state index in [9.17, 15) is 18.0 Å². The first-order chi connectivity index (χ1) is 10.4. The molecular weight excluding hydrogens is 293 g/mol. The van der Waals surface area contributed by atoms with E-state index in [1.165, 1.54) is 6.07 Å². The van der Waals surface area contributed by atoms with Gasteiger partial charge in [-0.3, -0.25) is 4.79 Å². The molecule has 0 aliphatic carbocycles. The van der Waals surface area contributed by atoms with Crippen molar-refractivity contribution in [3.8, 4) is 0 Å². The van der Waals surface area contributed by atoms with Crippen molar-refractivity contribution in [3.05, 3.63) is 35.4 Å². The predicted molar refractivity (Wildman–Crippen MR) is 78.5 cm³/mol. The molecule has 0 radical (unpaired) electrons. The molecule has 2 N–H and O–H groups in total. The molecule has 1 unspecified atom stereocenters. The van der Waals surface area contributed by atoms with Crippen molar-refractivity contribution in [1.29, 1.82) is 0 Å². The van der Waals surface area contributed by atoms with E-state index in [2.05, 4.69) is 10.6 Å². The number of rotatable bonds is 4. The Morgan fingerprint density at radius 2 is 2.23 bits per heavy atom. The summed E-state index contributed by atoms with van der Waals surface area (Å²) in [5, 5.41) is 6.15. The molecule has 2 atom stereocenters. The van der Waals surface area contributed by atoms with Gasteiger partial charge in [0.1, 0.15) is 0 Å². The quantitative estimate of drug-likeness (QED) is 0.897. The molecule has 0 spiro atoms. The number of carbonyl (C=O) groups excluding carboxylic acids is 1. The molecule has 6 heteroatoms. The fraction of sp³-hybridized carbons (Fsp3) is 0.562. The Hall–Kier alpha value is -1.56. The highest BCUT2D eigenvalue weighted by atomic mass is 19.4. The standard InChI is InChI=1S/C16H21F3N2O/c1-2-14(15(22)21-13-7-4-8-20-10-13)11-5-3-6-12(9-11)16(17,18)19/h3,5-6,9,13-14,20H,2,4,7-8,10H2,1H3,(H,21,22)/t13-,14?/m0/s1. The van der Waals surface area contributed by atoms with Gasteiger partial charge in [0.05, 0.1) is 11.5 Å². The lowest BCUT2D eigenvalue weighted by Crippen LogP contribution is -2.47. The zero-order valence-electron chi connectivity index (χ0n) is 12.5. The molecule has 1 amide bonds. The molecule has 1 aromatic rings. The van der Waals surface area contributed by atoms with Crippen molar-refractivity contribution in [2.75, 3.05) is 13.1 Å². The van der Waals surface area contributed by atoms with Gasteiger partial charge in [-0.1, -0.05) is 25.1 Å². The number of hydrogen-bond donors (Lipinski definition) is 2. The second kappa shape index (κ2) is 7.13. The van der Waals surface area contributed by atoms with E-state index in [0.717, 1.165) is 31.5 Å². The van der Waals surface area contributed by atoms with Crippen molar-refractivity contribution in [2.45, 2.75) is 44.3 Å². The third-order valence-corrected chi connectivity index (χ3v) is 3.98. The van der Waals surface area contributed by atoms with E-state index in [0.29, 0.717) is 18.5 Å². The Morgan fingerprint density at radius 3 is 2.82 bits per heavy atom. The first-order valence-corrected chi connectivity index (χ1v) is 7.60. The third-order valence-electron chi connectivity index (χ3n) is 3.98. The monoisotopic (exact) mass is 314 g/mol. The Balaban J connectivity index is 2.11. The Kier molecular flexibility index (Phi) is 5.45. The van der Waals surface area contributed by atoms with Gasteiger partial charge in [-0.15, -0.1) is 0 Å². The molecule has 1 saturated heterocycles. The van der Waals surface area contributed by atoms with Crippen molar-refractivity contribution in [1.82, 2.24) is 10.6 Å². The van der Waals surface area contributed by atoms with E-state index in [1.54, 1.807) is 6.07 Å². The van der Waals surface area contributed by atoms with E-state index in [-0.39, 0.29) is 11.9 Å². The van der Waals surface area contributed by atoms with E-state index < -0.39 is 17.7 Å². The smallest absolute Gasteiger partial charge is 0.352 e. The maximum Gasteiger partial charge on any atom is 0.416 e. The summed E-state index contributed by atoms with van der Waals surface area (Å²) in [5.74, 6) is -0.750. The summed E-state index contributed by atoms with van der Waals surface area (Å²) in [6, 6.07) is 5.10. The van der Waals surface area contributed by atoms with Gasteiger partial charge >= 0.3 is 6.18 Å². The van der Waals surface area contributed by atoms with Crippen LogP contribution in [-0.2, 0) is 11.0 Å². The van der Waals surface area contributed by atoms with Gasteiger partial charge in [-0.25, -0.2) is 0 Å². The number of halogens is 3. The van der Waals surface area contributed by atoms with Crippen molar-refractivity contribution in [3.63, 3.8) is 0 Å². The molecule has 1 heterocycles. The van der Waals surface area contributed by atoms with Crippen LogP contribution in [-0.4, -0.2) is 25.0 Å². The first kappa shape index (κ1) is 16.8. The van der Waals surface area contributed by atoms with Crippen LogP contribution in [0.4, 0.5) is 13.2 Å². The molecule has 0 aromatic heterocycles. The number of amides is 1. The van der Waals surface area contributed by atoms with E-state index in [4.69, 9.17) is 0 Å². The van der Waals surface area contributed by atoms with E-state index in [1.807, 2.05) is 6.92 Å². The maximum atomic E-state index is 12.8. The summed E-state index contributed by atoms with van der Waals surface area (Å²) < 4.78 is 38.4. The predicted octanol–water partition coefficient (Wildman–Crippen LogP) is 3.07. The van der Waals surface area contributed by atoms with Gasteiger partial charge in [0.15, 0.2) is 0 Å². The Morgan fingerprint density at radius 1 is 1.45 bits per heavy atom. The van der Waals surface area contributed by atoms with Gasteiger partial charge in [-0.2, -0.15) is 13.2 Å². The van der Waals surface area contributed by atoms with Gasteiger partial charge in [0, 0.05) is 12.6 Å². The minimum atomic E-state index is -4.39. The highest BCUT2D eigenvalue weighted by molar-refractivity contribution is 5.84. The Labute approximate surface area is 128 Å². The fourth-order valence-corrected chi connectivity index (χ4v) is 2.78. The lowest BCUT2D eigenvalue weighted by molar-refractivity contribution is -0.137. The molecule has 1 aliphatic rings. The zero-order valence-corrected chi connectivity index (χ0v) is 12.5. The van der Waals surface area contributed by atoms with Gasteiger partial charge < -0.3 is 10.6 Å². The topological polar surface area (TPSA) is 41.1 Å². The first-order valence-electron chi connectivity index (χ1n) is 7.60. The summed E-state index contributed by atoms with van der Waals surface area (Å²) in [4.78, 5) is 12.4. The number of hydrogen-bond acceptors (Lipinski definition) is 2. The van der Waals surface area contributed by atoms with Gasteiger partial charge in [-0.05, 0) is 37.4 Å². The van der Waals surface area contributed by atoms with Gasteiger partial charge in [0.2, 0.25) is 5.91 Å². The van der Waals surface area contributed by atoms with Crippen molar-refractivity contribution < 1.29 is 18.0 Å². The van der Waals surface area contributed by atoms with Crippen molar-refractivity contribution in [2.24, 2.45) is 0 Å². The minimum Gasteiger partial charge on any atom is -0.352 e.